The van der Waals surface area contributed by atoms with Crippen molar-refractivity contribution < 1.29 is 27.5 Å². The molecule has 2 aliphatic carbocycles. The van der Waals surface area contributed by atoms with E-state index in [1.807, 2.05) is 0 Å². The van der Waals surface area contributed by atoms with E-state index in [0.717, 1.165) is 47.9 Å². The summed E-state index contributed by atoms with van der Waals surface area (Å²) in [5, 5.41) is 3.13. The number of esters is 1. The van der Waals surface area contributed by atoms with Crippen molar-refractivity contribution in [3.8, 4) is 0 Å². The van der Waals surface area contributed by atoms with Crippen molar-refractivity contribution in [2.24, 2.45) is 0 Å². The number of thioether (sulfide) groups is 1. The summed E-state index contributed by atoms with van der Waals surface area (Å²) in [6, 6.07) is 0. The maximum Gasteiger partial charge on any atom is 0.433 e. The Labute approximate surface area is 191 Å². The lowest BCUT2D eigenvalue weighted by Gasteiger charge is -2.13. The first-order chi connectivity index (χ1) is 15.3. The van der Waals surface area contributed by atoms with Crippen LogP contribution >= 0.6 is 23.1 Å². The minimum atomic E-state index is -4.56. The quantitative estimate of drug-likeness (QED) is 0.359. The van der Waals surface area contributed by atoms with Crippen LogP contribution in [0, 0.1) is 0 Å². The second-order valence-corrected chi connectivity index (χ2v) is 9.65. The Morgan fingerprint density at radius 3 is 2.59 bits per heavy atom. The third-order valence-electron chi connectivity index (χ3n) is 5.42. The summed E-state index contributed by atoms with van der Waals surface area (Å²) < 4.78 is 45.3. The third kappa shape index (κ3) is 4.78. The highest BCUT2D eigenvalue weighted by atomic mass is 32.2. The summed E-state index contributed by atoms with van der Waals surface area (Å²) >= 11 is 2.22. The molecular weight excluding hydrogens is 463 g/mol. The van der Waals surface area contributed by atoms with Crippen molar-refractivity contribution in [3.05, 3.63) is 33.0 Å². The van der Waals surface area contributed by atoms with Gasteiger partial charge >= 0.3 is 12.1 Å². The summed E-state index contributed by atoms with van der Waals surface area (Å²) in [6.07, 6.45) is 0.446. The van der Waals surface area contributed by atoms with Gasteiger partial charge in [0.05, 0.1) is 17.9 Å². The van der Waals surface area contributed by atoms with Crippen LogP contribution in [-0.4, -0.2) is 34.2 Å². The number of fused-ring (bicyclic) bond motifs is 2. The van der Waals surface area contributed by atoms with Gasteiger partial charge in [0.1, 0.15) is 5.00 Å². The van der Waals surface area contributed by atoms with Gasteiger partial charge in [-0.1, -0.05) is 11.8 Å². The van der Waals surface area contributed by atoms with E-state index >= 15 is 0 Å². The van der Waals surface area contributed by atoms with E-state index in [9.17, 15) is 22.8 Å². The molecule has 172 valence electrons. The number of carbonyl (C=O) groups is 2. The number of carbonyl (C=O) groups excluding carboxylic acids is 2. The predicted molar refractivity (Wildman–Crippen MR) is 115 cm³/mol. The van der Waals surface area contributed by atoms with Crippen LogP contribution in [0.4, 0.5) is 18.2 Å². The van der Waals surface area contributed by atoms with E-state index in [0.29, 0.717) is 35.5 Å². The molecule has 11 heteroatoms. The largest absolute Gasteiger partial charge is 0.462 e. The zero-order valence-electron chi connectivity index (χ0n) is 17.4. The van der Waals surface area contributed by atoms with Gasteiger partial charge in [-0.2, -0.15) is 13.2 Å². The second kappa shape index (κ2) is 9.38. The van der Waals surface area contributed by atoms with Gasteiger partial charge in [0.25, 0.3) is 0 Å². The molecule has 0 spiro atoms. The summed E-state index contributed by atoms with van der Waals surface area (Å²) in [5.41, 5.74) is 0.996. The fourth-order valence-corrected chi connectivity index (χ4v) is 6.03. The number of hydrogen-bond donors (Lipinski definition) is 1. The van der Waals surface area contributed by atoms with Gasteiger partial charge in [0.15, 0.2) is 10.9 Å². The summed E-state index contributed by atoms with van der Waals surface area (Å²) in [4.78, 5) is 34.1. The Bertz CT molecular complexity index is 1050. The van der Waals surface area contributed by atoms with Crippen LogP contribution in [-0.2, 0) is 41.4 Å². The normalized spacial score (nSPS) is 15.2. The molecule has 0 unspecified atom stereocenters. The minimum Gasteiger partial charge on any atom is -0.462 e. The monoisotopic (exact) mass is 485 g/mol. The molecule has 2 aromatic heterocycles. The highest BCUT2D eigenvalue weighted by molar-refractivity contribution is 7.99. The number of aryl methyl sites for hydroxylation is 2. The standard InChI is InChI=1S/C21H22F3N3O3S2/c1-2-30-19(29)16-12-6-3-4-9-14(12)32-18(16)26-15(28)10-31-20-25-13-8-5-7-11(13)17(27-20)21(22,23)24/h2-10H2,1H3,(H,26,28). The molecule has 0 radical (unpaired) electrons. The van der Waals surface area contributed by atoms with Gasteiger partial charge in [0, 0.05) is 16.1 Å². The summed E-state index contributed by atoms with van der Waals surface area (Å²) in [7, 11) is 0. The van der Waals surface area contributed by atoms with Crippen molar-refractivity contribution in [2.45, 2.75) is 63.2 Å². The smallest absolute Gasteiger partial charge is 0.433 e. The zero-order chi connectivity index (χ0) is 22.9. The Hall–Kier alpha value is -2.14. The number of thiophene rings is 1. The molecule has 1 amide bonds. The van der Waals surface area contributed by atoms with E-state index in [1.165, 1.54) is 11.3 Å². The van der Waals surface area contributed by atoms with Crippen LogP contribution in [0.15, 0.2) is 5.16 Å². The maximum absolute atomic E-state index is 13.4. The molecule has 0 bridgehead atoms. The number of hydrogen-bond acceptors (Lipinski definition) is 7. The van der Waals surface area contributed by atoms with Crippen LogP contribution < -0.4 is 5.32 Å². The summed E-state index contributed by atoms with van der Waals surface area (Å²) in [6.45, 7) is 1.95. The Morgan fingerprint density at radius 2 is 1.84 bits per heavy atom. The van der Waals surface area contributed by atoms with Crippen molar-refractivity contribution >= 4 is 40.0 Å². The lowest BCUT2D eigenvalue weighted by atomic mass is 9.95. The number of anilines is 1. The number of nitrogens with one attached hydrogen (secondary N) is 1. The number of rotatable bonds is 6. The highest BCUT2D eigenvalue weighted by Crippen LogP contribution is 2.39. The SMILES string of the molecule is CCOC(=O)c1c(NC(=O)CSc2nc3c(c(C(F)(F)F)n2)CCC3)sc2c1CCCC2. The predicted octanol–water partition coefficient (Wildman–Crippen LogP) is 4.83. The van der Waals surface area contributed by atoms with Crippen molar-refractivity contribution in [2.75, 3.05) is 17.7 Å². The molecular formula is C21H22F3N3O3S2. The number of aromatic nitrogens is 2. The fourth-order valence-electron chi connectivity index (χ4n) is 4.07. The number of alkyl halides is 3. The van der Waals surface area contributed by atoms with E-state index in [1.54, 1.807) is 6.92 Å². The fraction of sp³-hybridized carbons (Fsp3) is 0.524. The molecule has 2 heterocycles. The average Bonchev–Trinajstić information content (AvgIpc) is 3.35. The van der Waals surface area contributed by atoms with Crippen LogP contribution in [0.3, 0.4) is 0 Å². The molecule has 0 saturated heterocycles. The van der Waals surface area contributed by atoms with Gasteiger partial charge in [-0.05, 0) is 57.4 Å². The zero-order valence-corrected chi connectivity index (χ0v) is 19.1. The molecule has 32 heavy (non-hydrogen) atoms. The molecule has 0 saturated carbocycles. The van der Waals surface area contributed by atoms with Crippen LogP contribution in [0.2, 0.25) is 0 Å². The van der Waals surface area contributed by atoms with E-state index < -0.39 is 23.7 Å². The van der Waals surface area contributed by atoms with Gasteiger partial charge in [-0.15, -0.1) is 11.3 Å². The van der Waals surface area contributed by atoms with Crippen molar-refractivity contribution in [3.63, 3.8) is 0 Å². The Morgan fingerprint density at radius 1 is 1.09 bits per heavy atom. The second-order valence-electron chi connectivity index (χ2n) is 7.60. The molecule has 2 aliphatic rings. The van der Waals surface area contributed by atoms with Crippen molar-refractivity contribution in [1.29, 1.82) is 0 Å². The molecule has 2 aromatic rings. The summed E-state index contributed by atoms with van der Waals surface area (Å²) in [5.74, 6) is -1.07. The van der Waals surface area contributed by atoms with E-state index in [-0.39, 0.29) is 23.1 Å². The molecule has 1 N–H and O–H groups in total. The minimum absolute atomic E-state index is 0.0655. The third-order valence-corrected chi connectivity index (χ3v) is 7.47. The van der Waals surface area contributed by atoms with E-state index in [4.69, 9.17) is 4.74 Å². The molecule has 0 aromatic carbocycles. The molecule has 0 atom stereocenters. The molecule has 0 aliphatic heterocycles. The number of ether oxygens (including phenoxy) is 1. The maximum atomic E-state index is 13.4. The first kappa shape index (κ1) is 23.0. The lowest BCUT2D eigenvalue weighted by Crippen LogP contribution is -2.18. The lowest BCUT2D eigenvalue weighted by molar-refractivity contribution is -0.142. The highest BCUT2D eigenvalue weighted by Gasteiger charge is 2.38. The van der Waals surface area contributed by atoms with Crippen LogP contribution in [0.1, 0.15) is 63.9 Å². The molecule has 0 fully saturated rings. The number of amides is 1. The van der Waals surface area contributed by atoms with E-state index in [2.05, 4.69) is 15.3 Å². The van der Waals surface area contributed by atoms with Gasteiger partial charge < -0.3 is 10.1 Å². The molecule has 4 rings (SSSR count). The average molecular weight is 486 g/mol. The van der Waals surface area contributed by atoms with Crippen molar-refractivity contribution in [1.82, 2.24) is 9.97 Å². The number of nitrogens with zero attached hydrogens (tertiary/aromatic N) is 2. The van der Waals surface area contributed by atoms with Gasteiger partial charge in [-0.25, -0.2) is 14.8 Å². The number of halogens is 3. The van der Waals surface area contributed by atoms with Crippen LogP contribution in [0.5, 0.6) is 0 Å². The van der Waals surface area contributed by atoms with Gasteiger partial charge in [-0.3, -0.25) is 4.79 Å². The molecule has 6 nitrogen and oxygen atoms in total. The first-order valence-electron chi connectivity index (χ1n) is 10.5. The Kier molecular flexibility index (Phi) is 6.75. The Balaban J connectivity index is 1.50. The van der Waals surface area contributed by atoms with Crippen LogP contribution in [0.25, 0.3) is 0 Å². The van der Waals surface area contributed by atoms with Gasteiger partial charge in [0.2, 0.25) is 5.91 Å². The first-order valence-corrected chi connectivity index (χ1v) is 12.3. The topological polar surface area (TPSA) is 81.2 Å².